The van der Waals surface area contributed by atoms with Gasteiger partial charge < -0.3 is 5.11 Å². The summed E-state index contributed by atoms with van der Waals surface area (Å²) in [6, 6.07) is 7.60. The van der Waals surface area contributed by atoms with Gasteiger partial charge in [0.15, 0.2) is 0 Å². The van der Waals surface area contributed by atoms with Gasteiger partial charge in [-0.3, -0.25) is 4.79 Å². The van der Waals surface area contributed by atoms with Crippen LogP contribution >= 0.6 is 0 Å². The maximum atomic E-state index is 11.1. The quantitative estimate of drug-likeness (QED) is 0.795. The van der Waals surface area contributed by atoms with Gasteiger partial charge in [-0.05, 0) is 18.1 Å². The largest absolute Gasteiger partial charge is 0.388 e. The normalized spacial score (nSPS) is 12.5. The SMILES string of the molecule is CCC(=O)CC(O)c1ccccc1C. The summed E-state index contributed by atoms with van der Waals surface area (Å²) in [4.78, 5) is 11.1. The number of carbonyl (C=O) groups excluding carboxylic acids is 1. The fourth-order valence-corrected chi connectivity index (χ4v) is 1.43. The molecule has 0 heterocycles. The van der Waals surface area contributed by atoms with E-state index in [4.69, 9.17) is 0 Å². The van der Waals surface area contributed by atoms with Crippen LogP contribution < -0.4 is 0 Å². The molecule has 0 aromatic heterocycles. The molecule has 0 spiro atoms. The molecule has 76 valence electrons. The Bertz CT molecular complexity index is 318. The van der Waals surface area contributed by atoms with Crippen LogP contribution in [0.15, 0.2) is 24.3 Å². The van der Waals surface area contributed by atoms with Crippen molar-refractivity contribution in [1.29, 1.82) is 0 Å². The van der Waals surface area contributed by atoms with E-state index in [1.807, 2.05) is 38.1 Å². The summed E-state index contributed by atoms with van der Waals surface area (Å²) in [5, 5.41) is 9.78. The number of aliphatic hydroxyl groups excluding tert-OH is 1. The molecule has 1 unspecified atom stereocenters. The van der Waals surface area contributed by atoms with E-state index in [9.17, 15) is 9.90 Å². The lowest BCUT2D eigenvalue weighted by atomic mass is 9.99. The van der Waals surface area contributed by atoms with Gasteiger partial charge in [0.1, 0.15) is 5.78 Å². The van der Waals surface area contributed by atoms with Crippen molar-refractivity contribution in [3.8, 4) is 0 Å². The molecule has 0 bridgehead atoms. The molecule has 1 aromatic carbocycles. The average molecular weight is 192 g/mol. The second-order valence-corrected chi connectivity index (χ2v) is 3.47. The molecule has 0 aliphatic rings. The third-order valence-corrected chi connectivity index (χ3v) is 2.36. The van der Waals surface area contributed by atoms with Gasteiger partial charge in [-0.25, -0.2) is 0 Å². The van der Waals surface area contributed by atoms with Gasteiger partial charge in [0.25, 0.3) is 0 Å². The molecule has 1 rings (SSSR count). The van der Waals surface area contributed by atoms with E-state index in [1.165, 1.54) is 0 Å². The van der Waals surface area contributed by atoms with Crippen LogP contribution in [0, 0.1) is 6.92 Å². The number of hydrogen-bond donors (Lipinski definition) is 1. The molecule has 14 heavy (non-hydrogen) atoms. The maximum Gasteiger partial charge on any atom is 0.135 e. The van der Waals surface area contributed by atoms with Gasteiger partial charge in [-0.15, -0.1) is 0 Å². The van der Waals surface area contributed by atoms with Crippen molar-refractivity contribution in [2.45, 2.75) is 32.8 Å². The standard InChI is InChI=1S/C12H16O2/c1-3-10(13)8-12(14)11-7-5-4-6-9(11)2/h4-7,12,14H,3,8H2,1-2H3. The van der Waals surface area contributed by atoms with Crippen molar-refractivity contribution in [3.05, 3.63) is 35.4 Å². The molecule has 1 aromatic rings. The van der Waals surface area contributed by atoms with Crippen LogP contribution in [0.4, 0.5) is 0 Å². The first kappa shape index (κ1) is 10.9. The van der Waals surface area contributed by atoms with Crippen molar-refractivity contribution >= 4 is 5.78 Å². The Morgan fingerprint density at radius 1 is 1.43 bits per heavy atom. The summed E-state index contributed by atoms with van der Waals surface area (Å²) in [6.45, 7) is 3.75. The van der Waals surface area contributed by atoms with Gasteiger partial charge in [-0.1, -0.05) is 31.2 Å². The highest BCUT2D eigenvalue weighted by molar-refractivity contribution is 5.78. The van der Waals surface area contributed by atoms with Gasteiger partial charge in [0, 0.05) is 12.8 Å². The topological polar surface area (TPSA) is 37.3 Å². The monoisotopic (exact) mass is 192 g/mol. The molecular weight excluding hydrogens is 176 g/mol. The Balaban J connectivity index is 2.74. The van der Waals surface area contributed by atoms with Crippen LogP contribution in [0.1, 0.15) is 37.0 Å². The number of rotatable bonds is 4. The molecule has 1 N–H and O–H groups in total. The van der Waals surface area contributed by atoms with Gasteiger partial charge >= 0.3 is 0 Å². The third kappa shape index (κ3) is 2.67. The number of hydrogen-bond acceptors (Lipinski definition) is 2. The Hall–Kier alpha value is -1.15. The highest BCUT2D eigenvalue weighted by atomic mass is 16.3. The number of carbonyl (C=O) groups is 1. The first-order valence-corrected chi connectivity index (χ1v) is 4.90. The first-order chi connectivity index (χ1) is 6.65. The molecule has 0 radical (unpaired) electrons. The van der Waals surface area contributed by atoms with Gasteiger partial charge in [-0.2, -0.15) is 0 Å². The van der Waals surface area contributed by atoms with Crippen molar-refractivity contribution in [3.63, 3.8) is 0 Å². The second-order valence-electron chi connectivity index (χ2n) is 3.47. The van der Waals surface area contributed by atoms with E-state index >= 15 is 0 Å². The van der Waals surface area contributed by atoms with E-state index in [2.05, 4.69) is 0 Å². The molecular formula is C12H16O2. The van der Waals surface area contributed by atoms with Crippen LogP contribution in [-0.4, -0.2) is 10.9 Å². The predicted molar refractivity (Wildman–Crippen MR) is 56.1 cm³/mol. The Morgan fingerprint density at radius 3 is 2.64 bits per heavy atom. The highest BCUT2D eigenvalue weighted by Gasteiger charge is 2.12. The molecule has 2 heteroatoms. The van der Waals surface area contributed by atoms with Gasteiger partial charge in [0.2, 0.25) is 0 Å². The molecule has 1 atom stereocenters. The van der Waals surface area contributed by atoms with Crippen LogP contribution in [0.3, 0.4) is 0 Å². The predicted octanol–water partition coefficient (Wildman–Crippen LogP) is 2.40. The number of aliphatic hydroxyl groups is 1. The summed E-state index contributed by atoms with van der Waals surface area (Å²) in [5.41, 5.74) is 1.89. The summed E-state index contributed by atoms with van der Waals surface area (Å²) in [6.07, 6.45) is 0.0632. The third-order valence-electron chi connectivity index (χ3n) is 2.36. The van der Waals surface area contributed by atoms with E-state index in [0.29, 0.717) is 6.42 Å². The van der Waals surface area contributed by atoms with Crippen molar-refractivity contribution in [1.82, 2.24) is 0 Å². The molecule has 0 aliphatic heterocycles. The summed E-state index contributed by atoms with van der Waals surface area (Å²) in [7, 11) is 0. The fraction of sp³-hybridized carbons (Fsp3) is 0.417. The number of ketones is 1. The van der Waals surface area contributed by atoms with Crippen molar-refractivity contribution in [2.24, 2.45) is 0 Å². The summed E-state index contributed by atoms with van der Waals surface area (Å²) >= 11 is 0. The second kappa shape index (κ2) is 4.91. The Labute approximate surface area is 84.6 Å². The average Bonchev–Trinajstić information content (AvgIpc) is 2.18. The van der Waals surface area contributed by atoms with Crippen molar-refractivity contribution < 1.29 is 9.90 Å². The number of benzene rings is 1. The molecule has 0 saturated carbocycles. The lowest BCUT2D eigenvalue weighted by Crippen LogP contribution is -2.06. The zero-order chi connectivity index (χ0) is 10.6. The van der Waals surface area contributed by atoms with Gasteiger partial charge in [0.05, 0.1) is 6.10 Å². The first-order valence-electron chi connectivity index (χ1n) is 4.90. The maximum absolute atomic E-state index is 11.1. The molecule has 0 aliphatic carbocycles. The van der Waals surface area contributed by atoms with E-state index in [1.54, 1.807) is 0 Å². The lowest BCUT2D eigenvalue weighted by Gasteiger charge is -2.12. The molecule has 0 amide bonds. The van der Waals surface area contributed by atoms with E-state index in [-0.39, 0.29) is 12.2 Å². The zero-order valence-corrected chi connectivity index (χ0v) is 8.66. The van der Waals surface area contributed by atoms with E-state index < -0.39 is 6.10 Å². The van der Waals surface area contributed by atoms with Crippen LogP contribution in [0.25, 0.3) is 0 Å². The van der Waals surface area contributed by atoms with E-state index in [0.717, 1.165) is 11.1 Å². The minimum absolute atomic E-state index is 0.0979. The smallest absolute Gasteiger partial charge is 0.135 e. The number of aryl methyl sites for hydroxylation is 1. The highest BCUT2D eigenvalue weighted by Crippen LogP contribution is 2.20. The Kier molecular flexibility index (Phi) is 3.84. The Morgan fingerprint density at radius 2 is 2.07 bits per heavy atom. The van der Waals surface area contributed by atoms with Crippen molar-refractivity contribution in [2.75, 3.05) is 0 Å². The van der Waals surface area contributed by atoms with Crippen LogP contribution in [0.5, 0.6) is 0 Å². The summed E-state index contributed by atoms with van der Waals surface area (Å²) < 4.78 is 0. The molecule has 2 nitrogen and oxygen atoms in total. The minimum atomic E-state index is -0.649. The lowest BCUT2D eigenvalue weighted by molar-refractivity contribution is -0.120. The molecule has 0 fully saturated rings. The molecule has 0 saturated heterocycles. The fourth-order valence-electron chi connectivity index (χ4n) is 1.43. The number of Topliss-reactive ketones (excluding diaryl/α,β-unsaturated/α-hetero) is 1. The zero-order valence-electron chi connectivity index (χ0n) is 8.66. The minimum Gasteiger partial charge on any atom is -0.388 e. The van der Waals surface area contributed by atoms with Crippen LogP contribution in [-0.2, 0) is 4.79 Å². The summed E-state index contributed by atoms with van der Waals surface area (Å²) in [5.74, 6) is 0.0979. The van der Waals surface area contributed by atoms with Crippen LogP contribution in [0.2, 0.25) is 0 Å².